The van der Waals surface area contributed by atoms with Crippen LogP contribution in [0.1, 0.15) is 20.7 Å². The highest BCUT2D eigenvalue weighted by Gasteiger charge is 2.21. The molecular formula is C20H17F2N5O3. The highest BCUT2D eigenvalue weighted by atomic mass is 19.1. The number of pyridine rings is 2. The number of ether oxygens (including phenoxy) is 1. The molecule has 0 aliphatic heterocycles. The molecule has 3 aromatic rings. The lowest BCUT2D eigenvalue weighted by Crippen LogP contribution is -2.22. The first-order chi connectivity index (χ1) is 14.4. The highest BCUT2D eigenvalue weighted by molar-refractivity contribution is 6.10. The molecule has 0 radical (unpaired) electrons. The first kappa shape index (κ1) is 20.6. The van der Waals surface area contributed by atoms with Crippen LogP contribution >= 0.6 is 0 Å². The summed E-state index contributed by atoms with van der Waals surface area (Å²) in [5, 5.41) is 7.79. The van der Waals surface area contributed by atoms with Crippen molar-refractivity contribution in [3.05, 3.63) is 71.6 Å². The van der Waals surface area contributed by atoms with E-state index >= 15 is 0 Å². The maximum Gasteiger partial charge on any atom is 0.262 e. The summed E-state index contributed by atoms with van der Waals surface area (Å²) in [7, 11) is 2.73. The third-order valence-electron chi connectivity index (χ3n) is 4.03. The van der Waals surface area contributed by atoms with Gasteiger partial charge in [0.1, 0.15) is 34.6 Å². The standard InChI is InChI=1S/C20H17F2N5O3/c1-23-19(28)12-10-25-17(27-16-7-6-11(21)9-24-16)8-14(12)26-20(29)18-13(22)4-3-5-15(18)30-2/h3-10H,1-2H3,(H,23,28)(H2,24,25,26,27,29). The molecule has 0 fully saturated rings. The Kier molecular flexibility index (Phi) is 6.16. The van der Waals surface area contributed by atoms with E-state index < -0.39 is 23.4 Å². The van der Waals surface area contributed by atoms with Crippen LogP contribution in [0.5, 0.6) is 5.75 Å². The molecule has 2 amide bonds. The van der Waals surface area contributed by atoms with Crippen LogP contribution in [0, 0.1) is 11.6 Å². The molecule has 0 spiro atoms. The predicted octanol–water partition coefficient (Wildman–Crippen LogP) is 3.12. The second kappa shape index (κ2) is 8.95. The molecule has 2 aromatic heterocycles. The zero-order chi connectivity index (χ0) is 21.7. The molecule has 0 saturated heterocycles. The second-order valence-electron chi connectivity index (χ2n) is 5.95. The lowest BCUT2D eigenvalue weighted by molar-refractivity contribution is 0.0963. The van der Waals surface area contributed by atoms with Gasteiger partial charge in [-0.15, -0.1) is 0 Å². The van der Waals surface area contributed by atoms with Crippen molar-refractivity contribution in [3.8, 4) is 5.75 Å². The van der Waals surface area contributed by atoms with E-state index in [4.69, 9.17) is 4.74 Å². The van der Waals surface area contributed by atoms with Gasteiger partial charge < -0.3 is 20.7 Å². The summed E-state index contributed by atoms with van der Waals surface area (Å²) >= 11 is 0. The molecule has 30 heavy (non-hydrogen) atoms. The Balaban J connectivity index is 1.96. The summed E-state index contributed by atoms with van der Waals surface area (Å²) in [5.41, 5.74) is -0.183. The van der Waals surface area contributed by atoms with E-state index in [2.05, 4.69) is 25.9 Å². The maximum absolute atomic E-state index is 14.2. The van der Waals surface area contributed by atoms with Crippen LogP contribution in [0.25, 0.3) is 0 Å². The number of anilines is 3. The molecule has 3 rings (SSSR count). The number of halogens is 2. The Bertz CT molecular complexity index is 1090. The van der Waals surface area contributed by atoms with Gasteiger partial charge in [-0.25, -0.2) is 18.7 Å². The number of carbonyl (C=O) groups is 2. The van der Waals surface area contributed by atoms with Crippen molar-refractivity contribution in [2.75, 3.05) is 24.8 Å². The van der Waals surface area contributed by atoms with Crippen molar-refractivity contribution in [1.29, 1.82) is 0 Å². The van der Waals surface area contributed by atoms with Gasteiger partial charge in [-0.3, -0.25) is 9.59 Å². The average Bonchev–Trinajstić information content (AvgIpc) is 2.74. The fraction of sp³-hybridized carbons (Fsp3) is 0.100. The molecule has 1 aromatic carbocycles. The lowest BCUT2D eigenvalue weighted by Gasteiger charge is -2.14. The van der Waals surface area contributed by atoms with Crippen molar-refractivity contribution in [1.82, 2.24) is 15.3 Å². The number of hydrogen-bond donors (Lipinski definition) is 3. The number of nitrogens with one attached hydrogen (secondary N) is 3. The SMILES string of the molecule is CNC(=O)c1cnc(Nc2ccc(F)cn2)cc1NC(=O)c1c(F)cccc1OC. The third kappa shape index (κ3) is 4.49. The Labute approximate surface area is 170 Å². The summed E-state index contributed by atoms with van der Waals surface area (Å²) in [5.74, 6) is -2.05. The fourth-order valence-corrected chi connectivity index (χ4v) is 2.60. The molecule has 0 bridgehead atoms. The lowest BCUT2D eigenvalue weighted by atomic mass is 10.1. The summed E-state index contributed by atoms with van der Waals surface area (Å²) in [4.78, 5) is 32.9. The van der Waals surface area contributed by atoms with Crippen molar-refractivity contribution < 1.29 is 23.1 Å². The molecule has 0 atom stereocenters. The number of hydrogen-bond acceptors (Lipinski definition) is 6. The van der Waals surface area contributed by atoms with Gasteiger partial charge in [0.15, 0.2) is 0 Å². The molecule has 0 unspecified atom stereocenters. The highest BCUT2D eigenvalue weighted by Crippen LogP contribution is 2.25. The Hall–Kier alpha value is -4.08. The quantitative estimate of drug-likeness (QED) is 0.574. The zero-order valence-electron chi connectivity index (χ0n) is 16.0. The van der Waals surface area contributed by atoms with Crippen molar-refractivity contribution in [3.63, 3.8) is 0 Å². The van der Waals surface area contributed by atoms with Crippen LogP contribution in [0.3, 0.4) is 0 Å². The maximum atomic E-state index is 14.2. The third-order valence-corrected chi connectivity index (χ3v) is 4.03. The second-order valence-corrected chi connectivity index (χ2v) is 5.95. The largest absolute Gasteiger partial charge is 0.496 e. The normalized spacial score (nSPS) is 10.3. The molecule has 154 valence electrons. The van der Waals surface area contributed by atoms with Crippen LogP contribution in [-0.2, 0) is 0 Å². The Morgan fingerprint density at radius 3 is 2.43 bits per heavy atom. The number of carbonyl (C=O) groups excluding carboxylic acids is 2. The summed E-state index contributed by atoms with van der Waals surface area (Å²) in [6, 6.07) is 7.95. The molecule has 0 saturated carbocycles. The van der Waals surface area contributed by atoms with Crippen LogP contribution in [-0.4, -0.2) is 35.9 Å². The summed E-state index contributed by atoms with van der Waals surface area (Å²) < 4.78 is 32.3. The summed E-state index contributed by atoms with van der Waals surface area (Å²) in [6.07, 6.45) is 2.26. The minimum absolute atomic E-state index is 0.0388. The van der Waals surface area contributed by atoms with Gasteiger partial charge in [0.25, 0.3) is 11.8 Å². The van der Waals surface area contributed by atoms with E-state index in [-0.39, 0.29) is 28.4 Å². The van der Waals surface area contributed by atoms with E-state index in [1.807, 2.05) is 0 Å². The van der Waals surface area contributed by atoms with E-state index in [9.17, 15) is 18.4 Å². The zero-order valence-corrected chi connectivity index (χ0v) is 16.0. The van der Waals surface area contributed by atoms with Gasteiger partial charge in [-0.2, -0.15) is 0 Å². The predicted molar refractivity (Wildman–Crippen MR) is 106 cm³/mol. The number of amides is 2. The average molecular weight is 413 g/mol. The van der Waals surface area contributed by atoms with Gasteiger partial charge in [-0.1, -0.05) is 6.07 Å². The molecular weight excluding hydrogens is 396 g/mol. The minimum atomic E-state index is -0.813. The monoisotopic (exact) mass is 413 g/mol. The topological polar surface area (TPSA) is 105 Å². The minimum Gasteiger partial charge on any atom is -0.496 e. The van der Waals surface area contributed by atoms with Gasteiger partial charge in [-0.05, 0) is 24.3 Å². The van der Waals surface area contributed by atoms with E-state index in [1.54, 1.807) is 0 Å². The smallest absolute Gasteiger partial charge is 0.262 e. The molecule has 10 heteroatoms. The first-order valence-corrected chi connectivity index (χ1v) is 8.67. The van der Waals surface area contributed by atoms with Gasteiger partial charge in [0.2, 0.25) is 0 Å². The Morgan fingerprint density at radius 2 is 1.77 bits per heavy atom. The number of benzene rings is 1. The molecule has 0 aliphatic rings. The number of rotatable bonds is 6. The Morgan fingerprint density at radius 1 is 1.00 bits per heavy atom. The number of methoxy groups -OCH3 is 1. The number of nitrogens with zero attached hydrogens (tertiary/aromatic N) is 2. The van der Waals surface area contributed by atoms with Gasteiger partial charge in [0, 0.05) is 19.3 Å². The van der Waals surface area contributed by atoms with E-state index in [0.29, 0.717) is 5.82 Å². The van der Waals surface area contributed by atoms with Gasteiger partial charge >= 0.3 is 0 Å². The first-order valence-electron chi connectivity index (χ1n) is 8.67. The fourth-order valence-electron chi connectivity index (χ4n) is 2.60. The van der Waals surface area contributed by atoms with Crippen molar-refractivity contribution in [2.24, 2.45) is 0 Å². The van der Waals surface area contributed by atoms with Crippen LogP contribution in [0.15, 0.2) is 48.8 Å². The van der Waals surface area contributed by atoms with Crippen LogP contribution in [0.4, 0.5) is 26.1 Å². The molecule has 8 nitrogen and oxygen atoms in total. The molecule has 0 aliphatic carbocycles. The number of aromatic nitrogens is 2. The van der Waals surface area contributed by atoms with Gasteiger partial charge in [0.05, 0.1) is 24.6 Å². The molecule has 3 N–H and O–H groups in total. The molecule has 2 heterocycles. The van der Waals surface area contributed by atoms with E-state index in [0.717, 1.165) is 12.3 Å². The van der Waals surface area contributed by atoms with E-state index in [1.165, 1.54) is 50.7 Å². The summed E-state index contributed by atoms with van der Waals surface area (Å²) in [6.45, 7) is 0. The van der Waals surface area contributed by atoms with Crippen molar-refractivity contribution >= 4 is 29.1 Å². The van der Waals surface area contributed by atoms with Crippen LogP contribution < -0.4 is 20.7 Å². The van der Waals surface area contributed by atoms with Crippen molar-refractivity contribution in [2.45, 2.75) is 0 Å². The van der Waals surface area contributed by atoms with Crippen LogP contribution in [0.2, 0.25) is 0 Å².